The van der Waals surface area contributed by atoms with E-state index >= 15 is 0 Å². The third-order valence-corrected chi connectivity index (χ3v) is 2.90. The van der Waals surface area contributed by atoms with Crippen LogP contribution in [0, 0.1) is 5.82 Å². The molecule has 1 aromatic carbocycles. The van der Waals surface area contributed by atoms with Gasteiger partial charge in [0, 0.05) is 18.1 Å². The van der Waals surface area contributed by atoms with Gasteiger partial charge >= 0.3 is 0 Å². The third kappa shape index (κ3) is 2.03. The Hall–Kier alpha value is -1.48. The van der Waals surface area contributed by atoms with Gasteiger partial charge < -0.3 is 5.73 Å². The highest BCUT2D eigenvalue weighted by Crippen LogP contribution is 2.32. The number of nitrogens with two attached hydrogens (primary N) is 1. The van der Waals surface area contributed by atoms with Gasteiger partial charge in [0.25, 0.3) is 0 Å². The molecule has 0 bridgehead atoms. The van der Waals surface area contributed by atoms with Crippen molar-refractivity contribution in [3.05, 3.63) is 41.3 Å². The van der Waals surface area contributed by atoms with E-state index in [2.05, 4.69) is 25.8 Å². The lowest BCUT2D eigenvalue weighted by molar-refractivity contribution is 0.586. The number of benzene rings is 1. The first-order chi connectivity index (χ1) is 7.95. The Kier molecular flexibility index (Phi) is 2.87. The van der Waals surface area contributed by atoms with E-state index in [0.717, 1.165) is 16.5 Å². The van der Waals surface area contributed by atoms with Crippen LogP contribution in [0.15, 0.2) is 24.4 Å². The van der Waals surface area contributed by atoms with Crippen molar-refractivity contribution in [2.24, 2.45) is 5.73 Å². The summed E-state index contributed by atoms with van der Waals surface area (Å²) in [5.74, 6) is -0.281. The molecule has 0 atom stereocenters. The average Bonchev–Trinajstić information content (AvgIpc) is 2.26. The molecule has 0 unspecified atom stereocenters. The summed E-state index contributed by atoms with van der Waals surface area (Å²) in [5.41, 5.74) is 8.16. The summed E-state index contributed by atoms with van der Waals surface area (Å²) in [6.07, 6.45) is 1.69. The van der Waals surface area contributed by atoms with Crippen LogP contribution in [-0.2, 0) is 12.0 Å². The molecular formula is C14H17FN2. The lowest BCUT2D eigenvalue weighted by atomic mass is 9.82. The minimum Gasteiger partial charge on any atom is -0.326 e. The number of rotatable bonds is 1. The maximum absolute atomic E-state index is 13.7. The topological polar surface area (TPSA) is 38.9 Å². The second-order valence-electron chi connectivity index (χ2n) is 5.25. The van der Waals surface area contributed by atoms with Gasteiger partial charge in [-0.25, -0.2) is 4.39 Å². The average molecular weight is 232 g/mol. The zero-order chi connectivity index (χ0) is 12.6. The first kappa shape index (κ1) is 12.0. The van der Waals surface area contributed by atoms with Gasteiger partial charge in [-0.3, -0.25) is 4.98 Å². The highest BCUT2D eigenvalue weighted by Gasteiger charge is 2.21. The van der Waals surface area contributed by atoms with Crippen molar-refractivity contribution in [1.82, 2.24) is 4.98 Å². The fourth-order valence-electron chi connectivity index (χ4n) is 2.27. The number of halogens is 1. The predicted molar refractivity (Wildman–Crippen MR) is 68.3 cm³/mol. The van der Waals surface area contributed by atoms with Crippen LogP contribution < -0.4 is 5.73 Å². The largest absolute Gasteiger partial charge is 0.326 e. The van der Waals surface area contributed by atoms with E-state index in [0.29, 0.717) is 12.1 Å². The number of hydrogen-bond acceptors (Lipinski definition) is 2. The summed E-state index contributed by atoms with van der Waals surface area (Å²) in [4.78, 5) is 4.17. The molecule has 0 saturated carbocycles. The van der Waals surface area contributed by atoms with Gasteiger partial charge in [0.1, 0.15) is 11.3 Å². The molecule has 2 aromatic rings. The maximum Gasteiger partial charge on any atom is 0.149 e. The number of aromatic nitrogens is 1. The Morgan fingerprint density at radius 2 is 2.00 bits per heavy atom. The number of pyridine rings is 1. The highest BCUT2D eigenvalue weighted by molar-refractivity contribution is 5.84. The lowest BCUT2D eigenvalue weighted by Gasteiger charge is -2.24. The molecule has 2 N–H and O–H groups in total. The molecule has 0 aliphatic carbocycles. The van der Waals surface area contributed by atoms with Crippen LogP contribution in [0.3, 0.4) is 0 Å². The summed E-state index contributed by atoms with van der Waals surface area (Å²) >= 11 is 0. The molecular weight excluding hydrogens is 215 g/mol. The van der Waals surface area contributed by atoms with E-state index in [4.69, 9.17) is 5.73 Å². The molecule has 0 saturated heterocycles. The van der Waals surface area contributed by atoms with Crippen molar-refractivity contribution in [3.63, 3.8) is 0 Å². The molecule has 0 aliphatic heterocycles. The van der Waals surface area contributed by atoms with Crippen LogP contribution in [0.25, 0.3) is 10.9 Å². The van der Waals surface area contributed by atoms with Crippen LogP contribution in [0.2, 0.25) is 0 Å². The number of para-hydroxylation sites is 1. The summed E-state index contributed by atoms with van der Waals surface area (Å²) in [7, 11) is 0. The third-order valence-electron chi connectivity index (χ3n) is 2.90. The standard InChI is InChI=1S/C14H17FN2/c1-14(2,3)12-9(7-16)8-17-13-10(12)5-4-6-11(13)15/h4-6,8H,7,16H2,1-3H3. The predicted octanol–water partition coefficient (Wildman–Crippen LogP) is 3.13. The Labute approximate surface area is 101 Å². The van der Waals surface area contributed by atoms with Gasteiger partial charge in [0.05, 0.1) is 0 Å². The summed E-state index contributed by atoms with van der Waals surface area (Å²) in [6, 6.07) is 5.06. The second kappa shape index (κ2) is 4.08. The zero-order valence-corrected chi connectivity index (χ0v) is 10.4. The van der Waals surface area contributed by atoms with Crippen LogP contribution in [0.4, 0.5) is 4.39 Å². The van der Waals surface area contributed by atoms with E-state index in [1.54, 1.807) is 12.3 Å². The summed E-state index contributed by atoms with van der Waals surface area (Å²) < 4.78 is 13.7. The van der Waals surface area contributed by atoms with E-state index in [1.165, 1.54) is 6.07 Å². The molecule has 2 rings (SSSR count). The second-order valence-corrected chi connectivity index (χ2v) is 5.25. The van der Waals surface area contributed by atoms with Crippen molar-refractivity contribution in [2.45, 2.75) is 32.7 Å². The zero-order valence-electron chi connectivity index (χ0n) is 10.4. The lowest BCUT2D eigenvalue weighted by Crippen LogP contribution is -2.17. The minimum atomic E-state index is -0.281. The molecule has 0 aliphatic rings. The Bertz CT molecular complexity index is 556. The van der Waals surface area contributed by atoms with Gasteiger partial charge in [-0.2, -0.15) is 0 Å². The smallest absolute Gasteiger partial charge is 0.149 e. The molecule has 0 amide bonds. The van der Waals surface area contributed by atoms with Crippen LogP contribution in [0.5, 0.6) is 0 Å². The van der Waals surface area contributed by atoms with Crippen molar-refractivity contribution in [1.29, 1.82) is 0 Å². The van der Waals surface area contributed by atoms with Gasteiger partial charge in [0.15, 0.2) is 0 Å². The SMILES string of the molecule is CC(C)(C)c1c(CN)cnc2c(F)cccc12. The van der Waals surface area contributed by atoms with Gasteiger partial charge in [0.2, 0.25) is 0 Å². The van der Waals surface area contributed by atoms with Crippen molar-refractivity contribution in [2.75, 3.05) is 0 Å². The normalized spacial score (nSPS) is 12.1. The van der Waals surface area contributed by atoms with E-state index < -0.39 is 0 Å². The van der Waals surface area contributed by atoms with Crippen LogP contribution >= 0.6 is 0 Å². The van der Waals surface area contributed by atoms with Gasteiger partial charge in [-0.05, 0) is 22.6 Å². The quantitative estimate of drug-likeness (QED) is 0.820. The van der Waals surface area contributed by atoms with Crippen LogP contribution in [0.1, 0.15) is 31.9 Å². The van der Waals surface area contributed by atoms with E-state index in [1.807, 2.05) is 6.07 Å². The molecule has 3 heteroatoms. The van der Waals surface area contributed by atoms with Crippen molar-refractivity contribution in [3.8, 4) is 0 Å². The number of hydrogen-bond donors (Lipinski definition) is 1. The van der Waals surface area contributed by atoms with Crippen molar-refractivity contribution < 1.29 is 4.39 Å². The summed E-state index contributed by atoms with van der Waals surface area (Å²) in [5, 5.41) is 0.862. The number of nitrogens with zero attached hydrogens (tertiary/aromatic N) is 1. The molecule has 90 valence electrons. The molecule has 2 nitrogen and oxygen atoms in total. The Morgan fingerprint density at radius 1 is 1.29 bits per heavy atom. The molecule has 0 spiro atoms. The fraction of sp³-hybridized carbons (Fsp3) is 0.357. The minimum absolute atomic E-state index is 0.0797. The summed E-state index contributed by atoms with van der Waals surface area (Å²) in [6.45, 7) is 6.73. The molecule has 0 fully saturated rings. The molecule has 0 radical (unpaired) electrons. The van der Waals surface area contributed by atoms with E-state index in [9.17, 15) is 4.39 Å². The number of fused-ring (bicyclic) bond motifs is 1. The maximum atomic E-state index is 13.7. The monoisotopic (exact) mass is 232 g/mol. The Morgan fingerprint density at radius 3 is 2.59 bits per heavy atom. The first-order valence-electron chi connectivity index (χ1n) is 5.72. The Balaban J connectivity index is 2.89. The highest BCUT2D eigenvalue weighted by atomic mass is 19.1. The van der Waals surface area contributed by atoms with Gasteiger partial charge in [-0.1, -0.05) is 32.9 Å². The van der Waals surface area contributed by atoms with Gasteiger partial charge in [-0.15, -0.1) is 0 Å². The fourth-order valence-corrected chi connectivity index (χ4v) is 2.27. The van der Waals surface area contributed by atoms with E-state index in [-0.39, 0.29) is 11.2 Å². The molecule has 17 heavy (non-hydrogen) atoms. The molecule has 1 heterocycles. The van der Waals surface area contributed by atoms with Crippen molar-refractivity contribution >= 4 is 10.9 Å². The van der Waals surface area contributed by atoms with Crippen LogP contribution in [-0.4, -0.2) is 4.98 Å². The molecule has 1 aromatic heterocycles. The first-order valence-corrected chi connectivity index (χ1v) is 5.72.